The summed E-state index contributed by atoms with van der Waals surface area (Å²) in [5, 5.41) is 12.5. The first-order valence-corrected chi connectivity index (χ1v) is 2.34. The van der Waals surface area contributed by atoms with Crippen molar-refractivity contribution >= 4 is 6.03 Å². The summed E-state index contributed by atoms with van der Waals surface area (Å²) in [6.45, 7) is 0. The van der Waals surface area contributed by atoms with Crippen LogP contribution < -0.4 is 10.6 Å². The van der Waals surface area contributed by atoms with Crippen LogP contribution in [0.3, 0.4) is 0 Å². The number of hydrogen-bond donors (Lipinski definition) is 2. The monoisotopic (exact) mass is 125 g/mol. The molecule has 0 unspecified atom stereocenters. The summed E-state index contributed by atoms with van der Waals surface area (Å²) in [6.07, 6.45) is 2.44. The van der Waals surface area contributed by atoms with Crippen LogP contribution in [0.1, 0.15) is 0 Å². The fraction of sp³-hybridized carbons (Fsp3) is 0.200. The highest BCUT2D eigenvalue weighted by molar-refractivity contribution is 5.74. The summed E-state index contributed by atoms with van der Waals surface area (Å²) >= 11 is 0. The Balaban J connectivity index is 3.41. The van der Waals surface area contributed by atoms with Gasteiger partial charge in [0.25, 0.3) is 0 Å². The SMILES string of the molecule is CNC(=O)N/C=C/C#N. The number of nitriles is 1. The number of hydrogen-bond acceptors (Lipinski definition) is 2. The van der Waals surface area contributed by atoms with Crippen molar-refractivity contribution in [1.82, 2.24) is 10.6 Å². The molecule has 0 fully saturated rings. The van der Waals surface area contributed by atoms with Crippen LogP contribution in [-0.2, 0) is 0 Å². The third kappa shape index (κ3) is 4.35. The Morgan fingerprint density at radius 2 is 2.44 bits per heavy atom. The second-order valence-electron chi connectivity index (χ2n) is 1.19. The highest BCUT2D eigenvalue weighted by Gasteiger charge is 1.85. The second-order valence-corrected chi connectivity index (χ2v) is 1.19. The van der Waals surface area contributed by atoms with Gasteiger partial charge in [-0.1, -0.05) is 0 Å². The summed E-state index contributed by atoms with van der Waals surface area (Å²) in [5.74, 6) is 0. The van der Waals surface area contributed by atoms with Crippen LogP contribution in [0, 0.1) is 11.3 Å². The first-order chi connectivity index (χ1) is 4.31. The highest BCUT2D eigenvalue weighted by Crippen LogP contribution is 1.63. The van der Waals surface area contributed by atoms with Crippen LogP contribution in [0.15, 0.2) is 12.3 Å². The van der Waals surface area contributed by atoms with E-state index in [9.17, 15) is 4.79 Å². The molecular formula is C5H7N3O. The predicted octanol–water partition coefficient (Wildman–Crippen LogP) is -0.0473. The molecule has 4 heteroatoms. The molecule has 0 spiro atoms. The number of nitrogens with one attached hydrogen (secondary N) is 2. The first-order valence-electron chi connectivity index (χ1n) is 2.34. The normalized spacial score (nSPS) is 8.44. The molecule has 2 N–H and O–H groups in total. The summed E-state index contributed by atoms with van der Waals surface area (Å²) in [4.78, 5) is 10.3. The Labute approximate surface area is 53.2 Å². The van der Waals surface area contributed by atoms with E-state index >= 15 is 0 Å². The van der Waals surface area contributed by atoms with Crippen molar-refractivity contribution in [3.05, 3.63) is 12.3 Å². The minimum absolute atomic E-state index is 0.332. The average molecular weight is 125 g/mol. The van der Waals surface area contributed by atoms with Crippen molar-refractivity contribution in [3.8, 4) is 6.07 Å². The van der Waals surface area contributed by atoms with Gasteiger partial charge in [-0.2, -0.15) is 5.26 Å². The van der Waals surface area contributed by atoms with E-state index in [1.807, 2.05) is 0 Å². The zero-order valence-electron chi connectivity index (χ0n) is 5.01. The van der Waals surface area contributed by atoms with Gasteiger partial charge in [-0.15, -0.1) is 0 Å². The van der Waals surface area contributed by atoms with E-state index in [1.54, 1.807) is 6.07 Å². The lowest BCUT2D eigenvalue weighted by molar-refractivity contribution is 0.246. The van der Waals surface area contributed by atoms with Gasteiger partial charge in [-0.3, -0.25) is 0 Å². The summed E-state index contributed by atoms with van der Waals surface area (Å²) in [6, 6.07) is 1.39. The van der Waals surface area contributed by atoms with E-state index < -0.39 is 0 Å². The molecule has 0 saturated carbocycles. The minimum Gasteiger partial charge on any atom is -0.341 e. The predicted molar refractivity (Wildman–Crippen MR) is 32.3 cm³/mol. The van der Waals surface area contributed by atoms with E-state index in [0.29, 0.717) is 0 Å². The molecule has 0 aromatic carbocycles. The number of rotatable bonds is 1. The maximum atomic E-state index is 10.3. The van der Waals surface area contributed by atoms with Gasteiger partial charge in [0.1, 0.15) is 0 Å². The van der Waals surface area contributed by atoms with Crippen LogP contribution in [-0.4, -0.2) is 13.1 Å². The van der Waals surface area contributed by atoms with Crippen molar-refractivity contribution in [1.29, 1.82) is 5.26 Å². The van der Waals surface area contributed by atoms with Gasteiger partial charge in [-0.05, 0) is 0 Å². The van der Waals surface area contributed by atoms with Crippen LogP contribution in [0.5, 0.6) is 0 Å². The van der Waals surface area contributed by atoms with E-state index in [-0.39, 0.29) is 6.03 Å². The molecule has 0 radical (unpaired) electrons. The van der Waals surface area contributed by atoms with E-state index in [2.05, 4.69) is 10.6 Å². The highest BCUT2D eigenvalue weighted by atomic mass is 16.2. The Hall–Kier alpha value is -1.50. The maximum absolute atomic E-state index is 10.3. The Bertz CT molecular complexity index is 156. The van der Waals surface area contributed by atoms with Gasteiger partial charge >= 0.3 is 6.03 Å². The van der Waals surface area contributed by atoms with Crippen molar-refractivity contribution in [2.75, 3.05) is 7.05 Å². The number of carbonyl (C=O) groups excluding carboxylic acids is 1. The average Bonchev–Trinajstić information content (AvgIpc) is 1.89. The third-order valence-corrected chi connectivity index (χ3v) is 0.599. The molecule has 0 heterocycles. The van der Waals surface area contributed by atoms with E-state index in [1.165, 1.54) is 19.3 Å². The number of nitrogens with zero attached hydrogens (tertiary/aromatic N) is 1. The van der Waals surface area contributed by atoms with Gasteiger partial charge in [0, 0.05) is 19.3 Å². The fourth-order valence-corrected chi connectivity index (χ4v) is 0.227. The molecule has 48 valence electrons. The lowest BCUT2D eigenvalue weighted by Gasteiger charge is -1.93. The maximum Gasteiger partial charge on any atom is 0.318 e. The molecule has 0 aliphatic carbocycles. The van der Waals surface area contributed by atoms with Gasteiger partial charge < -0.3 is 10.6 Å². The number of allylic oxidation sites excluding steroid dienone is 1. The topological polar surface area (TPSA) is 64.9 Å². The quantitative estimate of drug-likeness (QED) is 0.482. The van der Waals surface area contributed by atoms with Crippen LogP contribution in [0.4, 0.5) is 4.79 Å². The van der Waals surface area contributed by atoms with Crippen molar-refractivity contribution in [2.24, 2.45) is 0 Å². The third-order valence-electron chi connectivity index (χ3n) is 0.599. The first kappa shape index (κ1) is 7.50. The number of urea groups is 1. The molecule has 0 saturated heterocycles. The smallest absolute Gasteiger partial charge is 0.318 e. The molecule has 0 atom stereocenters. The number of carbonyl (C=O) groups is 1. The lowest BCUT2D eigenvalue weighted by Crippen LogP contribution is -2.28. The van der Waals surface area contributed by atoms with Crippen molar-refractivity contribution in [3.63, 3.8) is 0 Å². The number of amides is 2. The molecule has 9 heavy (non-hydrogen) atoms. The molecule has 0 bridgehead atoms. The fourth-order valence-electron chi connectivity index (χ4n) is 0.227. The molecule has 0 aliphatic heterocycles. The molecule has 0 aliphatic rings. The zero-order chi connectivity index (χ0) is 7.11. The molecule has 0 aromatic heterocycles. The van der Waals surface area contributed by atoms with Gasteiger partial charge in [0.05, 0.1) is 6.07 Å². The molecular weight excluding hydrogens is 118 g/mol. The van der Waals surface area contributed by atoms with Crippen LogP contribution >= 0.6 is 0 Å². The zero-order valence-corrected chi connectivity index (χ0v) is 5.01. The molecule has 2 amide bonds. The van der Waals surface area contributed by atoms with Gasteiger partial charge in [0.2, 0.25) is 0 Å². The Morgan fingerprint density at radius 1 is 1.78 bits per heavy atom. The Kier molecular flexibility index (Phi) is 3.88. The van der Waals surface area contributed by atoms with E-state index in [0.717, 1.165) is 0 Å². The van der Waals surface area contributed by atoms with E-state index in [4.69, 9.17) is 5.26 Å². The second kappa shape index (κ2) is 4.65. The van der Waals surface area contributed by atoms with Crippen molar-refractivity contribution in [2.45, 2.75) is 0 Å². The molecule has 4 nitrogen and oxygen atoms in total. The van der Waals surface area contributed by atoms with Gasteiger partial charge in [0.15, 0.2) is 0 Å². The summed E-state index contributed by atoms with van der Waals surface area (Å²) in [5.41, 5.74) is 0. The van der Waals surface area contributed by atoms with Crippen LogP contribution in [0.2, 0.25) is 0 Å². The van der Waals surface area contributed by atoms with Gasteiger partial charge in [-0.25, -0.2) is 4.79 Å². The standard InChI is InChI=1S/C5H7N3O/c1-7-5(9)8-4-2-3-6/h2,4H,1H3,(H2,7,8,9)/b4-2+. The Morgan fingerprint density at radius 3 is 2.89 bits per heavy atom. The summed E-state index contributed by atoms with van der Waals surface area (Å²) in [7, 11) is 1.50. The lowest BCUT2D eigenvalue weighted by atomic mass is 10.7. The minimum atomic E-state index is -0.332. The van der Waals surface area contributed by atoms with Crippen molar-refractivity contribution < 1.29 is 4.79 Å². The summed E-state index contributed by atoms with van der Waals surface area (Å²) < 4.78 is 0. The largest absolute Gasteiger partial charge is 0.341 e. The molecule has 0 rings (SSSR count). The molecule has 0 aromatic rings. The van der Waals surface area contributed by atoms with Crippen LogP contribution in [0.25, 0.3) is 0 Å².